The molecule has 0 aromatic carbocycles. The number of hydrogen-bond acceptors (Lipinski definition) is 0. The van der Waals surface area contributed by atoms with Gasteiger partial charge in [0.15, 0.2) is 0 Å². The maximum atomic E-state index is 13.1. The fourth-order valence-corrected chi connectivity index (χ4v) is 1.90. The summed E-state index contributed by atoms with van der Waals surface area (Å²) in [5, 5.41) is 0. The van der Waals surface area contributed by atoms with Crippen LogP contribution in [0.1, 0.15) is 13.3 Å². The molecule has 0 saturated carbocycles. The van der Waals surface area contributed by atoms with Gasteiger partial charge in [0.25, 0.3) is 0 Å². The lowest BCUT2D eigenvalue weighted by molar-refractivity contribution is 0.171. The summed E-state index contributed by atoms with van der Waals surface area (Å²) in [6.07, 6.45) is 1.50. The minimum Gasteiger partial charge on any atom is -0.242 e. The van der Waals surface area contributed by atoms with Crippen LogP contribution in [0, 0.1) is 0 Å². The molecule has 0 N–H and O–H groups in total. The van der Waals surface area contributed by atoms with Gasteiger partial charge in [-0.15, -0.1) is 0 Å². The summed E-state index contributed by atoms with van der Waals surface area (Å²) in [5.41, 5.74) is 0.330. The number of allylic oxidation sites excluding steroid dienone is 4. The molecule has 74 valence electrons. The van der Waals surface area contributed by atoms with E-state index in [2.05, 4.69) is 4.51 Å². The van der Waals surface area contributed by atoms with Gasteiger partial charge in [-0.2, -0.15) is 8.78 Å². The molecule has 1 unspecified atom stereocenters. The summed E-state index contributed by atoms with van der Waals surface area (Å²) in [6, 6.07) is 0. The fraction of sp³-hybridized carbons (Fsp3) is 0.444. The molecule has 0 spiro atoms. The third-order valence-electron chi connectivity index (χ3n) is 1.92. The van der Waals surface area contributed by atoms with E-state index in [1.807, 2.05) is 0 Å². The summed E-state index contributed by atoms with van der Waals surface area (Å²) in [5.74, 6) is 0. The van der Waals surface area contributed by atoms with Gasteiger partial charge in [-0.1, -0.05) is 16.7 Å². The van der Waals surface area contributed by atoms with Crippen LogP contribution in [0.2, 0.25) is 0 Å². The molecule has 0 bridgehead atoms. The molecule has 0 radical (unpaired) electrons. The van der Waals surface area contributed by atoms with Gasteiger partial charge in [0, 0.05) is 12.0 Å². The lowest BCUT2D eigenvalue weighted by atomic mass is 9.99. The Balaban J connectivity index is 2.92. The third kappa shape index (κ3) is 2.42. The molecule has 13 heavy (non-hydrogen) atoms. The van der Waals surface area contributed by atoms with Crippen molar-refractivity contribution in [3.05, 3.63) is 23.3 Å². The highest BCUT2D eigenvalue weighted by atomic mass is 127. The van der Waals surface area contributed by atoms with Crippen molar-refractivity contribution in [1.29, 1.82) is 0 Å². The van der Waals surface area contributed by atoms with E-state index in [1.54, 1.807) is 0 Å². The predicted octanol–water partition coefficient (Wildman–Crippen LogP) is 3.60. The molecule has 1 aliphatic carbocycles. The van der Waals surface area contributed by atoms with Crippen LogP contribution in [0.5, 0.6) is 0 Å². The van der Waals surface area contributed by atoms with Crippen molar-refractivity contribution in [3.8, 4) is 0 Å². The Bertz CT molecular complexity index is 279. The molecule has 4 heteroatoms. The minimum atomic E-state index is -2.81. The van der Waals surface area contributed by atoms with E-state index in [4.69, 9.17) is 0 Å². The van der Waals surface area contributed by atoms with Crippen molar-refractivity contribution < 1.29 is 13.2 Å². The van der Waals surface area contributed by atoms with Crippen molar-refractivity contribution in [2.45, 2.75) is 23.4 Å². The average Bonchev–Trinajstić information content (AvgIpc) is 2.09. The molecule has 1 rings (SSSR count). The standard InChI is InChI=1S/C9H10F3I/c1-6-5-7(3-4-8(6)10)9(11,12)13-2/h3,5,8H,2,4H2,1H3. The average molecular weight is 302 g/mol. The Kier molecular flexibility index (Phi) is 3.32. The van der Waals surface area contributed by atoms with Gasteiger partial charge in [-0.25, -0.2) is 4.39 Å². The van der Waals surface area contributed by atoms with E-state index >= 15 is 0 Å². The Morgan fingerprint density at radius 2 is 2.23 bits per heavy atom. The Morgan fingerprint density at radius 3 is 2.69 bits per heavy atom. The molecule has 0 aliphatic heterocycles. The van der Waals surface area contributed by atoms with Gasteiger partial charge in [0.1, 0.15) is 6.17 Å². The second-order valence-electron chi connectivity index (χ2n) is 2.88. The maximum Gasteiger partial charge on any atom is 0.315 e. The predicted molar refractivity (Wildman–Crippen MR) is 57.4 cm³/mol. The molecule has 1 atom stereocenters. The van der Waals surface area contributed by atoms with Gasteiger partial charge in [-0.3, -0.25) is 0 Å². The molecule has 0 heterocycles. The summed E-state index contributed by atoms with van der Waals surface area (Å²) >= 11 is -1.42. The zero-order chi connectivity index (χ0) is 10.1. The van der Waals surface area contributed by atoms with Gasteiger partial charge >= 0.3 is 3.93 Å². The first-order valence-electron chi connectivity index (χ1n) is 3.77. The molecular weight excluding hydrogens is 292 g/mol. The molecule has 0 nitrogen and oxygen atoms in total. The number of halogens is 4. The third-order valence-corrected chi connectivity index (χ3v) is 3.50. The van der Waals surface area contributed by atoms with Crippen LogP contribution in [0.3, 0.4) is 0 Å². The van der Waals surface area contributed by atoms with E-state index in [9.17, 15) is 13.2 Å². The van der Waals surface area contributed by atoms with Crippen molar-refractivity contribution in [2.75, 3.05) is 0 Å². The highest BCUT2D eigenvalue weighted by Gasteiger charge is 2.31. The van der Waals surface area contributed by atoms with Crippen LogP contribution in [0.25, 0.3) is 0 Å². The first-order chi connectivity index (χ1) is 5.97. The number of alkyl halides is 4. The van der Waals surface area contributed by atoms with E-state index in [1.165, 1.54) is 19.1 Å². The largest absolute Gasteiger partial charge is 0.315 e. The van der Waals surface area contributed by atoms with Crippen LogP contribution in [0.4, 0.5) is 13.2 Å². The summed E-state index contributed by atoms with van der Waals surface area (Å²) in [6.45, 7) is 1.54. The molecule has 0 aromatic rings. The van der Waals surface area contributed by atoms with Crippen molar-refractivity contribution >= 4 is 25.2 Å². The van der Waals surface area contributed by atoms with E-state index in [0.717, 1.165) is 0 Å². The number of hydrogen-bond donors (Lipinski definition) is 0. The molecule has 1 aliphatic rings. The number of rotatable bonds is 2. The lowest BCUT2D eigenvalue weighted by Crippen LogP contribution is -2.15. The van der Waals surface area contributed by atoms with Gasteiger partial charge in [0.2, 0.25) is 0 Å². The normalized spacial score (nSPS) is 23.8. The summed E-state index contributed by atoms with van der Waals surface area (Å²) < 4.78 is 39.5. The van der Waals surface area contributed by atoms with Gasteiger partial charge < -0.3 is 0 Å². The van der Waals surface area contributed by atoms with E-state index < -0.39 is 30.8 Å². The molecule has 0 fully saturated rings. The second kappa shape index (κ2) is 3.94. The van der Waals surface area contributed by atoms with E-state index in [0.29, 0.717) is 5.57 Å². The quantitative estimate of drug-likeness (QED) is 0.540. The molecule has 0 aromatic heterocycles. The lowest BCUT2D eigenvalue weighted by Gasteiger charge is -2.19. The van der Waals surface area contributed by atoms with Crippen molar-refractivity contribution in [2.24, 2.45) is 0 Å². The first-order valence-corrected chi connectivity index (χ1v) is 6.38. The Labute approximate surface area is 85.3 Å². The van der Waals surface area contributed by atoms with Crippen LogP contribution in [0.15, 0.2) is 23.3 Å². The highest BCUT2D eigenvalue weighted by Crippen LogP contribution is 2.39. The molecule has 0 saturated heterocycles. The van der Waals surface area contributed by atoms with Crippen LogP contribution in [-0.4, -0.2) is 14.6 Å². The van der Waals surface area contributed by atoms with Gasteiger partial charge in [-0.05, 0) is 33.2 Å². The topological polar surface area (TPSA) is 0 Å². The zero-order valence-corrected chi connectivity index (χ0v) is 9.32. The van der Waals surface area contributed by atoms with E-state index in [-0.39, 0.29) is 12.0 Å². The van der Waals surface area contributed by atoms with Gasteiger partial charge in [0.05, 0.1) is 0 Å². The fourth-order valence-electron chi connectivity index (χ4n) is 1.09. The van der Waals surface area contributed by atoms with Crippen molar-refractivity contribution in [3.63, 3.8) is 0 Å². The zero-order valence-electron chi connectivity index (χ0n) is 7.16. The minimum absolute atomic E-state index is 0.0540. The highest BCUT2D eigenvalue weighted by molar-refractivity contribution is 14.2. The SMILES string of the molecule is C=IC(F)(F)C1=CCC(F)C(C)=C1. The first kappa shape index (κ1) is 10.9. The molecular formula is C9H10F3I. The molecule has 0 amide bonds. The summed E-state index contributed by atoms with van der Waals surface area (Å²) in [7, 11) is 0. The second-order valence-corrected chi connectivity index (χ2v) is 5.00. The van der Waals surface area contributed by atoms with Crippen LogP contribution >= 0.6 is 20.7 Å². The van der Waals surface area contributed by atoms with Crippen molar-refractivity contribution in [1.82, 2.24) is 0 Å². The maximum absolute atomic E-state index is 13.1. The Hall–Kier alpha value is -0.130. The Morgan fingerprint density at radius 1 is 1.62 bits per heavy atom. The smallest absolute Gasteiger partial charge is 0.242 e. The van der Waals surface area contributed by atoms with Crippen LogP contribution in [-0.2, 0) is 0 Å². The summed E-state index contributed by atoms with van der Waals surface area (Å²) in [4.78, 5) is 0. The van der Waals surface area contributed by atoms with Crippen LogP contribution < -0.4 is 0 Å². The monoisotopic (exact) mass is 302 g/mol.